The summed E-state index contributed by atoms with van der Waals surface area (Å²) in [4.78, 5) is 20.7. The third-order valence-electron chi connectivity index (χ3n) is 8.67. The van der Waals surface area contributed by atoms with Gasteiger partial charge in [-0.3, -0.25) is 10.2 Å². The van der Waals surface area contributed by atoms with Gasteiger partial charge in [0.15, 0.2) is 5.96 Å². The first kappa shape index (κ1) is 31.1. The Balaban J connectivity index is 1.25. The maximum atomic E-state index is 14.1. The Morgan fingerprint density at radius 1 is 1.07 bits per heavy atom. The van der Waals surface area contributed by atoms with Crippen molar-refractivity contribution in [1.29, 1.82) is 5.41 Å². The molecule has 0 aliphatic carbocycles. The first-order chi connectivity index (χ1) is 22.2. The number of likely N-dealkylation sites (tertiary alicyclic amines) is 1. The molecule has 1 saturated heterocycles. The normalized spacial score (nSPS) is 15.9. The first-order valence-corrected chi connectivity index (χ1v) is 16.8. The highest BCUT2D eigenvalue weighted by Crippen LogP contribution is 2.26. The summed E-state index contributed by atoms with van der Waals surface area (Å²) < 4.78 is 36.5. The number of sulfonamides is 1. The average Bonchev–Trinajstić information content (AvgIpc) is 3.49. The SMILES string of the molecule is CN(C(=O)C(Cc1c[nH]c2ccccc12)NS(=O)(=O)c1ccc2cc(OCc3ccccc3)ccc2c1)C1CCCN(C(=N)N)C1. The number of nitrogens with zero attached hydrogens (tertiary/aromatic N) is 2. The van der Waals surface area contributed by atoms with Crippen LogP contribution in [-0.2, 0) is 27.8 Å². The van der Waals surface area contributed by atoms with Gasteiger partial charge in [-0.05, 0) is 71.5 Å². The second-order valence-electron chi connectivity index (χ2n) is 11.8. The molecule has 46 heavy (non-hydrogen) atoms. The highest BCUT2D eigenvalue weighted by Gasteiger charge is 2.34. The van der Waals surface area contributed by atoms with Gasteiger partial charge in [-0.15, -0.1) is 0 Å². The van der Waals surface area contributed by atoms with Crippen molar-refractivity contribution in [1.82, 2.24) is 19.5 Å². The minimum atomic E-state index is -4.10. The van der Waals surface area contributed by atoms with E-state index in [0.717, 1.165) is 45.6 Å². The number of amides is 1. The molecule has 1 aliphatic heterocycles. The predicted octanol–water partition coefficient (Wildman–Crippen LogP) is 4.61. The fourth-order valence-corrected chi connectivity index (χ4v) is 7.29. The molecule has 0 saturated carbocycles. The van der Waals surface area contributed by atoms with Crippen LogP contribution in [0, 0.1) is 5.41 Å². The molecule has 2 heterocycles. The van der Waals surface area contributed by atoms with Crippen LogP contribution in [0.15, 0.2) is 102 Å². The number of likely N-dealkylation sites (N-methyl/N-ethyl adjacent to an activating group) is 1. The molecule has 11 heteroatoms. The van der Waals surface area contributed by atoms with Gasteiger partial charge in [-0.1, -0.05) is 60.7 Å². The lowest BCUT2D eigenvalue weighted by Gasteiger charge is -2.39. The highest BCUT2D eigenvalue weighted by atomic mass is 32.2. The van der Waals surface area contributed by atoms with Gasteiger partial charge >= 0.3 is 0 Å². The molecule has 0 bridgehead atoms. The van der Waals surface area contributed by atoms with Crippen molar-refractivity contribution in [3.8, 4) is 5.75 Å². The molecule has 1 aliphatic rings. The smallest absolute Gasteiger partial charge is 0.241 e. The Hall–Kier alpha value is -4.87. The maximum Gasteiger partial charge on any atom is 0.241 e. The van der Waals surface area contributed by atoms with E-state index in [4.69, 9.17) is 15.9 Å². The van der Waals surface area contributed by atoms with Crippen LogP contribution >= 0.6 is 0 Å². The topological polar surface area (TPSA) is 145 Å². The van der Waals surface area contributed by atoms with Gasteiger partial charge in [0, 0.05) is 43.3 Å². The van der Waals surface area contributed by atoms with Gasteiger partial charge in [0.2, 0.25) is 15.9 Å². The zero-order valence-corrected chi connectivity index (χ0v) is 26.5. The van der Waals surface area contributed by atoms with E-state index in [9.17, 15) is 13.2 Å². The zero-order valence-electron chi connectivity index (χ0n) is 25.6. The van der Waals surface area contributed by atoms with Crippen LogP contribution in [-0.4, -0.2) is 67.3 Å². The quantitative estimate of drug-likeness (QED) is 0.130. The van der Waals surface area contributed by atoms with Crippen molar-refractivity contribution in [2.24, 2.45) is 5.73 Å². The van der Waals surface area contributed by atoms with Gasteiger partial charge in [0.1, 0.15) is 18.4 Å². The number of carbonyl (C=O) groups is 1. The lowest BCUT2D eigenvalue weighted by atomic mass is 10.0. The van der Waals surface area contributed by atoms with Crippen molar-refractivity contribution < 1.29 is 17.9 Å². The Morgan fingerprint density at radius 3 is 2.61 bits per heavy atom. The molecule has 1 fully saturated rings. The summed E-state index contributed by atoms with van der Waals surface area (Å²) in [6.07, 6.45) is 3.49. The van der Waals surface area contributed by atoms with Gasteiger partial charge in [-0.25, -0.2) is 8.42 Å². The molecule has 10 nitrogen and oxygen atoms in total. The van der Waals surface area contributed by atoms with E-state index < -0.39 is 16.1 Å². The molecule has 5 N–H and O–H groups in total. The predicted molar refractivity (Wildman–Crippen MR) is 180 cm³/mol. The summed E-state index contributed by atoms with van der Waals surface area (Å²) in [5, 5.41) is 10.4. The summed E-state index contributed by atoms with van der Waals surface area (Å²) in [6.45, 7) is 1.50. The molecule has 0 spiro atoms. The monoisotopic (exact) mass is 638 g/mol. The average molecular weight is 639 g/mol. The van der Waals surface area contributed by atoms with E-state index in [-0.39, 0.29) is 29.2 Å². The molecule has 5 aromatic rings. The fraction of sp³-hybridized carbons (Fsp3) is 0.257. The number of hydrogen-bond donors (Lipinski definition) is 4. The van der Waals surface area contributed by atoms with E-state index in [1.807, 2.05) is 79.0 Å². The van der Waals surface area contributed by atoms with Crippen LogP contribution in [0.4, 0.5) is 0 Å². The van der Waals surface area contributed by atoms with E-state index in [1.165, 1.54) is 0 Å². The Labute approximate surface area is 268 Å². The zero-order chi connectivity index (χ0) is 32.3. The summed E-state index contributed by atoms with van der Waals surface area (Å²) in [5.74, 6) is 0.307. The fourth-order valence-electron chi connectivity index (χ4n) is 6.07. The molecular weight excluding hydrogens is 600 g/mol. The number of aromatic nitrogens is 1. The Kier molecular flexibility index (Phi) is 8.96. The number of benzene rings is 4. The first-order valence-electron chi connectivity index (χ1n) is 15.3. The summed E-state index contributed by atoms with van der Waals surface area (Å²) in [5.41, 5.74) is 8.54. The van der Waals surface area contributed by atoms with Crippen molar-refractivity contribution in [3.63, 3.8) is 0 Å². The molecule has 1 aromatic heterocycles. The van der Waals surface area contributed by atoms with Gasteiger partial charge in [-0.2, -0.15) is 4.72 Å². The number of nitrogens with one attached hydrogen (secondary N) is 3. The number of nitrogens with two attached hydrogens (primary N) is 1. The molecule has 238 valence electrons. The highest BCUT2D eigenvalue weighted by molar-refractivity contribution is 7.89. The summed E-state index contributed by atoms with van der Waals surface area (Å²) in [7, 11) is -2.41. The van der Waals surface area contributed by atoms with Gasteiger partial charge in [0.05, 0.1) is 4.90 Å². The molecule has 0 radical (unpaired) electrons. The van der Waals surface area contributed by atoms with Crippen molar-refractivity contribution >= 4 is 43.6 Å². The number of carbonyl (C=O) groups excluding carboxylic acids is 1. The van der Waals surface area contributed by atoms with E-state index in [1.54, 1.807) is 35.0 Å². The summed E-state index contributed by atoms with van der Waals surface area (Å²) in [6, 6.07) is 26.8. The van der Waals surface area contributed by atoms with Gasteiger partial charge < -0.3 is 25.3 Å². The molecule has 2 unspecified atom stereocenters. The lowest BCUT2D eigenvalue weighted by Crippen LogP contribution is -2.56. The van der Waals surface area contributed by atoms with Crippen molar-refractivity contribution in [2.75, 3.05) is 20.1 Å². The van der Waals surface area contributed by atoms with Crippen LogP contribution < -0.4 is 15.2 Å². The van der Waals surface area contributed by atoms with Crippen molar-refractivity contribution in [2.45, 2.75) is 42.8 Å². The van der Waals surface area contributed by atoms with E-state index >= 15 is 0 Å². The third kappa shape index (κ3) is 6.85. The number of fused-ring (bicyclic) bond motifs is 2. The molecule has 1 amide bonds. The molecule has 4 aromatic carbocycles. The summed E-state index contributed by atoms with van der Waals surface area (Å²) >= 11 is 0. The second-order valence-corrected chi connectivity index (χ2v) is 13.5. The van der Waals surface area contributed by atoms with Crippen LogP contribution in [0.3, 0.4) is 0 Å². The number of guanidine groups is 1. The molecular formula is C35H38N6O4S. The third-order valence-corrected chi connectivity index (χ3v) is 10.1. The Morgan fingerprint density at radius 2 is 1.80 bits per heavy atom. The number of para-hydroxylation sites is 1. The van der Waals surface area contributed by atoms with E-state index in [2.05, 4.69) is 9.71 Å². The molecule has 2 atom stereocenters. The minimum absolute atomic E-state index is 0.0345. The number of aromatic amines is 1. The number of ether oxygens (including phenoxy) is 1. The standard InChI is InChI=1S/C35H38N6O4S/c1-40(28-10-7-17-41(22-28)35(36)37)34(42)33(20-27-21-38-32-12-6-5-11-31(27)32)39-46(43,44)30-16-14-25-18-29(15-13-26(25)19-30)45-23-24-8-3-2-4-9-24/h2-6,8-9,11-16,18-19,21,28,33,38-39H,7,10,17,20,22-23H2,1H3,(H3,36,37). The van der Waals surface area contributed by atoms with Crippen molar-refractivity contribution in [3.05, 3.63) is 108 Å². The number of H-pyrrole nitrogens is 1. The Bertz CT molecular complexity index is 1980. The number of rotatable bonds is 10. The molecule has 6 rings (SSSR count). The van der Waals surface area contributed by atoms with E-state index in [0.29, 0.717) is 25.4 Å². The second kappa shape index (κ2) is 13.2. The van der Waals surface area contributed by atoms with Crippen LogP contribution in [0.1, 0.15) is 24.0 Å². The number of piperidine rings is 1. The maximum absolute atomic E-state index is 14.1. The van der Waals surface area contributed by atoms with Crippen LogP contribution in [0.2, 0.25) is 0 Å². The van der Waals surface area contributed by atoms with Crippen LogP contribution in [0.25, 0.3) is 21.7 Å². The largest absolute Gasteiger partial charge is 0.489 e. The minimum Gasteiger partial charge on any atom is -0.489 e. The number of hydrogen-bond acceptors (Lipinski definition) is 5. The lowest BCUT2D eigenvalue weighted by molar-refractivity contribution is -0.134. The van der Waals surface area contributed by atoms with Gasteiger partial charge in [0.25, 0.3) is 0 Å². The van der Waals surface area contributed by atoms with Crippen LogP contribution in [0.5, 0.6) is 5.75 Å².